The molecule has 0 aliphatic rings. The van der Waals surface area contributed by atoms with Gasteiger partial charge in [-0.15, -0.1) is 0 Å². The second-order valence-electron chi connectivity index (χ2n) is 3.32. The van der Waals surface area contributed by atoms with Crippen molar-refractivity contribution in [3.05, 3.63) is 52.1 Å². The van der Waals surface area contributed by atoms with E-state index < -0.39 is 0 Å². The van der Waals surface area contributed by atoms with Gasteiger partial charge in [0.1, 0.15) is 10.8 Å². The fourth-order valence-electron chi connectivity index (χ4n) is 1.24. The molecule has 2 aromatic rings. The Morgan fingerprint density at radius 3 is 2.65 bits per heavy atom. The Hall–Kier alpha value is -1.29. The van der Waals surface area contributed by atoms with Gasteiger partial charge in [-0.25, -0.2) is 4.98 Å². The number of aliphatic hydroxyl groups excluding tert-OH is 1. The van der Waals surface area contributed by atoms with Crippen molar-refractivity contribution in [2.45, 2.75) is 6.61 Å². The Balaban J connectivity index is 2.22. The van der Waals surface area contributed by atoms with Gasteiger partial charge in [-0.2, -0.15) is 0 Å². The van der Waals surface area contributed by atoms with Crippen LogP contribution < -0.4 is 4.74 Å². The van der Waals surface area contributed by atoms with Crippen molar-refractivity contribution >= 4 is 23.2 Å². The zero-order valence-corrected chi connectivity index (χ0v) is 10.2. The van der Waals surface area contributed by atoms with Gasteiger partial charge in [-0.1, -0.05) is 29.3 Å². The Kier molecular flexibility index (Phi) is 3.84. The normalized spacial score (nSPS) is 10.3. The van der Waals surface area contributed by atoms with Crippen LogP contribution in [0.15, 0.2) is 36.5 Å². The molecular weight excluding hydrogens is 261 g/mol. The van der Waals surface area contributed by atoms with Crippen LogP contribution in [0.25, 0.3) is 0 Å². The smallest absolute Gasteiger partial charge is 0.219 e. The van der Waals surface area contributed by atoms with E-state index in [4.69, 9.17) is 33.0 Å². The number of halogens is 2. The van der Waals surface area contributed by atoms with E-state index in [0.717, 1.165) is 5.56 Å². The van der Waals surface area contributed by atoms with Crippen molar-refractivity contribution in [1.82, 2.24) is 4.98 Å². The monoisotopic (exact) mass is 269 g/mol. The van der Waals surface area contributed by atoms with Crippen LogP contribution in [0.5, 0.6) is 11.6 Å². The van der Waals surface area contributed by atoms with E-state index in [-0.39, 0.29) is 6.61 Å². The third-order valence-electron chi connectivity index (χ3n) is 2.11. The van der Waals surface area contributed by atoms with Crippen LogP contribution >= 0.6 is 23.2 Å². The quantitative estimate of drug-likeness (QED) is 0.925. The van der Waals surface area contributed by atoms with Crippen LogP contribution in [-0.2, 0) is 6.61 Å². The molecule has 0 aliphatic carbocycles. The lowest BCUT2D eigenvalue weighted by Gasteiger charge is -2.07. The van der Waals surface area contributed by atoms with Crippen LogP contribution in [0, 0.1) is 0 Å². The summed E-state index contributed by atoms with van der Waals surface area (Å²) in [6.45, 7) is -0.0504. The molecule has 0 atom stereocenters. The van der Waals surface area contributed by atoms with Gasteiger partial charge >= 0.3 is 0 Å². The highest BCUT2D eigenvalue weighted by Crippen LogP contribution is 2.33. The fraction of sp³-hybridized carbons (Fsp3) is 0.0833. The number of hydrogen-bond donors (Lipinski definition) is 1. The topological polar surface area (TPSA) is 42.4 Å². The molecule has 0 radical (unpaired) electrons. The van der Waals surface area contributed by atoms with Crippen LogP contribution in [0.3, 0.4) is 0 Å². The van der Waals surface area contributed by atoms with Gasteiger partial charge in [-0.05, 0) is 23.8 Å². The fourth-order valence-corrected chi connectivity index (χ4v) is 1.57. The highest BCUT2D eigenvalue weighted by atomic mass is 35.5. The van der Waals surface area contributed by atoms with E-state index in [1.807, 2.05) is 0 Å². The molecule has 0 bridgehead atoms. The highest BCUT2D eigenvalue weighted by molar-refractivity contribution is 6.42. The van der Waals surface area contributed by atoms with Crippen LogP contribution in [0.1, 0.15) is 5.56 Å². The lowest BCUT2D eigenvalue weighted by Crippen LogP contribution is -1.90. The maximum atomic E-state index is 8.88. The summed E-state index contributed by atoms with van der Waals surface area (Å²) >= 11 is 11.8. The molecule has 3 nitrogen and oxygen atoms in total. The molecule has 5 heteroatoms. The largest absolute Gasteiger partial charge is 0.437 e. The molecule has 0 amide bonds. The summed E-state index contributed by atoms with van der Waals surface area (Å²) in [5.74, 6) is 0.842. The van der Waals surface area contributed by atoms with E-state index >= 15 is 0 Å². The summed E-state index contributed by atoms with van der Waals surface area (Å²) in [5.41, 5.74) is 0.717. The minimum absolute atomic E-state index is 0.0504. The summed E-state index contributed by atoms with van der Waals surface area (Å²) in [6.07, 6.45) is 1.54. The van der Waals surface area contributed by atoms with E-state index in [1.54, 1.807) is 30.3 Å². The van der Waals surface area contributed by atoms with Crippen LogP contribution in [-0.4, -0.2) is 10.1 Å². The minimum atomic E-state index is -0.0504. The number of aliphatic hydroxyl groups is 1. The second kappa shape index (κ2) is 5.36. The number of hydrogen-bond acceptors (Lipinski definition) is 3. The summed E-state index contributed by atoms with van der Waals surface area (Å²) < 4.78 is 5.48. The third-order valence-corrected chi connectivity index (χ3v) is 2.91. The summed E-state index contributed by atoms with van der Waals surface area (Å²) in [5, 5.41) is 9.66. The van der Waals surface area contributed by atoms with Gasteiger partial charge in [0, 0.05) is 12.3 Å². The second-order valence-corrected chi connectivity index (χ2v) is 4.10. The zero-order chi connectivity index (χ0) is 12.3. The summed E-state index contributed by atoms with van der Waals surface area (Å²) in [6, 6.07) is 8.50. The number of pyridine rings is 1. The third kappa shape index (κ3) is 2.88. The molecule has 0 aliphatic heterocycles. The average Bonchev–Trinajstić information content (AvgIpc) is 2.36. The zero-order valence-electron chi connectivity index (χ0n) is 8.73. The first-order valence-electron chi connectivity index (χ1n) is 4.88. The van der Waals surface area contributed by atoms with Gasteiger partial charge in [0.25, 0.3) is 0 Å². The molecule has 1 aromatic heterocycles. The molecule has 17 heavy (non-hydrogen) atoms. The molecule has 2 rings (SSSR count). The molecule has 1 aromatic carbocycles. The van der Waals surface area contributed by atoms with Crippen molar-refractivity contribution in [1.29, 1.82) is 0 Å². The highest BCUT2D eigenvalue weighted by Gasteiger charge is 2.07. The number of ether oxygens (including phenoxy) is 1. The van der Waals surface area contributed by atoms with Crippen molar-refractivity contribution in [3.63, 3.8) is 0 Å². The standard InChI is InChI=1S/C12H9Cl2NO2/c13-9-2-1-3-10(12(9)14)17-11-5-4-8(7-16)6-15-11/h1-6,16H,7H2. The molecular formula is C12H9Cl2NO2. The lowest BCUT2D eigenvalue weighted by molar-refractivity contribution is 0.281. The van der Waals surface area contributed by atoms with Gasteiger partial charge in [-0.3, -0.25) is 0 Å². The Labute approximate surface area is 109 Å². The van der Waals surface area contributed by atoms with Crippen molar-refractivity contribution < 1.29 is 9.84 Å². The first-order chi connectivity index (χ1) is 8.20. The van der Waals surface area contributed by atoms with Crippen LogP contribution in [0.4, 0.5) is 0 Å². The van der Waals surface area contributed by atoms with E-state index in [1.165, 1.54) is 6.20 Å². The van der Waals surface area contributed by atoms with E-state index in [9.17, 15) is 0 Å². The minimum Gasteiger partial charge on any atom is -0.437 e. The Morgan fingerprint density at radius 1 is 1.18 bits per heavy atom. The molecule has 0 spiro atoms. The molecule has 0 saturated carbocycles. The van der Waals surface area contributed by atoms with Crippen molar-refractivity contribution in [2.75, 3.05) is 0 Å². The Morgan fingerprint density at radius 2 is 2.00 bits per heavy atom. The first kappa shape index (κ1) is 12.2. The van der Waals surface area contributed by atoms with E-state index in [2.05, 4.69) is 4.98 Å². The predicted molar refractivity (Wildman–Crippen MR) is 66.7 cm³/mol. The predicted octanol–water partition coefficient (Wildman–Crippen LogP) is 3.67. The maximum Gasteiger partial charge on any atom is 0.219 e. The first-order valence-corrected chi connectivity index (χ1v) is 5.64. The van der Waals surface area contributed by atoms with Gasteiger partial charge in [0.05, 0.1) is 11.6 Å². The van der Waals surface area contributed by atoms with Crippen LogP contribution in [0.2, 0.25) is 10.0 Å². The number of rotatable bonds is 3. The van der Waals surface area contributed by atoms with Gasteiger partial charge < -0.3 is 9.84 Å². The average molecular weight is 270 g/mol. The van der Waals surface area contributed by atoms with Crippen molar-refractivity contribution in [3.8, 4) is 11.6 Å². The number of benzene rings is 1. The number of aromatic nitrogens is 1. The van der Waals surface area contributed by atoms with Crippen molar-refractivity contribution in [2.24, 2.45) is 0 Å². The summed E-state index contributed by atoms with van der Waals surface area (Å²) in [7, 11) is 0. The van der Waals surface area contributed by atoms with Gasteiger partial charge in [0.15, 0.2) is 0 Å². The number of nitrogens with zero attached hydrogens (tertiary/aromatic N) is 1. The molecule has 1 heterocycles. The molecule has 1 N–H and O–H groups in total. The molecule has 0 fully saturated rings. The maximum absolute atomic E-state index is 8.88. The molecule has 0 unspecified atom stereocenters. The Bertz CT molecular complexity index is 514. The molecule has 88 valence electrons. The van der Waals surface area contributed by atoms with Gasteiger partial charge in [0.2, 0.25) is 5.88 Å². The SMILES string of the molecule is OCc1ccc(Oc2cccc(Cl)c2Cl)nc1. The molecule has 0 saturated heterocycles. The van der Waals surface area contributed by atoms with E-state index in [0.29, 0.717) is 21.7 Å². The lowest BCUT2D eigenvalue weighted by atomic mass is 10.3. The summed E-state index contributed by atoms with van der Waals surface area (Å²) in [4.78, 5) is 4.03.